The molecule has 0 aromatic carbocycles. The average molecular weight is 481 g/mol. The third-order valence-electron chi connectivity index (χ3n) is 5.51. The van der Waals surface area contributed by atoms with Crippen LogP contribution in [0.5, 0.6) is 0 Å². The predicted molar refractivity (Wildman–Crippen MR) is 113 cm³/mol. The Morgan fingerprint density at radius 1 is 0.719 bits per heavy atom. The number of Topliss-reactive ketones (excluding diaryl/α,β-unsaturated/α-hetero) is 2. The molecule has 0 spiro atoms. The number of carbonyl (C=O) groups excluding carboxylic acids is 2. The van der Waals surface area contributed by atoms with E-state index in [1.54, 1.807) is 0 Å². The molecule has 186 valence electrons. The Kier molecular flexibility index (Phi) is 13.1. The highest BCUT2D eigenvalue weighted by molar-refractivity contribution is 7.81. The van der Waals surface area contributed by atoms with E-state index in [1.165, 1.54) is 0 Å². The summed E-state index contributed by atoms with van der Waals surface area (Å²) >= 11 is 0. The zero-order chi connectivity index (χ0) is 24.0. The Hall–Kier alpha value is -1.40. The Bertz CT molecular complexity index is 661. The maximum atomic E-state index is 13.0. The van der Waals surface area contributed by atoms with Crippen LogP contribution in [0, 0.1) is 5.41 Å². The van der Waals surface area contributed by atoms with Crippen molar-refractivity contribution in [1.29, 1.82) is 0 Å². The molecule has 1 heterocycles. The largest absolute Gasteiger partial charge is 0.480 e. The average Bonchev–Trinajstić information content (AvgIpc) is 2.74. The van der Waals surface area contributed by atoms with Gasteiger partial charge in [-0.2, -0.15) is 18.2 Å². The highest BCUT2D eigenvalue weighted by Gasteiger charge is 2.62. The number of ketones is 2. The van der Waals surface area contributed by atoms with Gasteiger partial charge in [0.05, 0.1) is 0 Å². The molecule has 1 fully saturated rings. The van der Waals surface area contributed by atoms with Gasteiger partial charge in [-0.05, 0) is 12.8 Å². The van der Waals surface area contributed by atoms with E-state index < -0.39 is 39.6 Å². The first-order valence-electron chi connectivity index (χ1n) is 11.5. The van der Waals surface area contributed by atoms with Crippen molar-refractivity contribution in [2.45, 2.75) is 110 Å². The fourth-order valence-electron chi connectivity index (χ4n) is 3.62. The highest BCUT2D eigenvalue weighted by Crippen LogP contribution is 2.36. The Morgan fingerprint density at radius 3 is 1.47 bits per heavy atom. The quantitative estimate of drug-likeness (QED) is 0.172. The number of carbonyl (C=O) groups is 3. The van der Waals surface area contributed by atoms with Crippen molar-refractivity contribution >= 4 is 27.9 Å². The van der Waals surface area contributed by atoms with E-state index in [2.05, 4.69) is 32.3 Å². The monoisotopic (exact) mass is 480 g/mol. The molecule has 0 radical (unpaired) electrons. The number of aliphatic carboxylic acids is 1. The molecule has 11 heteroatoms. The molecule has 0 unspecified atom stereocenters. The van der Waals surface area contributed by atoms with E-state index in [4.69, 9.17) is 0 Å². The molecule has 0 aromatic rings. The molecule has 32 heavy (non-hydrogen) atoms. The molecular weight excluding hydrogens is 444 g/mol. The summed E-state index contributed by atoms with van der Waals surface area (Å²) in [5, 5.41) is 9.93. The Morgan fingerprint density at radius 2 is 1.09 bits per heavy atom. The van der Waals surface area contributed by atoms with Gasteiger partial charge in [-0.15, -0.1) is 0 Å². The molecule has 0 aliphatic carbocycles. The van der Waals surface area contributed by atoms with Crippen LogP contribution in [0.25, 0.3) is 0 Å². The van der Waals surface area contributed by atoms with Gasteiger partial charge in [0.1, 0.15) is 0 Å². The summed E-state index contributed by atoms with van der Waals surface area (Å²) in [6.45, 7) is 4.16. The second-order valence-corrected chi connectivity index (χ2v) is 9.15. The summed E-state index contributed by atoms with van der Waals surface area (Å²) in [5.74, 6) is -3.64. The molecule has 1 saturated heterocycles. The topological polar surface area (TPSA) is 142 Å². The zero-order valence-electron chi connectivity index (χ0n) is 19.0. The minimum Gasteiger partial charge on any atom is -0.480 e. The first-order chi connectivity index (χ1) is 15.2. The van der Waals surface area contributed by atoms with Gasteiger partial charge in [-0.3, -0.25) is 14.4 Å². The van der Waals surface area contributed by atoms with Gasteiger partial charge >= 0.3 is 16.4 Å². The molecule has 0 aromatic heterocycles. The van der Waals surface area contributed by atoms with Gasteiger partial charge in [0, 0.05) is 12.8 Å². The van der Waals surface area contributed by atoms with Crippen LogP contribution >= 0.6 is 0 Å². The standard InChI is InChI=1S/C21H36O10S/c1-3-5-7-9-11-13-15-17(22)21(19(24)25,20-28-30-32(26,27)31-29-20)18(23)16-14-12-10-8-6-4-2/h20H,3-16H2,1-2H3,(H,24,25). The molecular formula is C21H36O10S. The van der Waals surface area contributed by atoms with E-state index in [9.17, 15) is 27.9 Å². The summed E-state index contributed by atoms with van der Waals surface area (Å²) < 4.78 is 30.5. The van der Waals surface area contributed by atoms with E-state index in [0.29, 0.717) is 25.7 Å². The molecule has 0 amide bonds. The first kappa shape index (κ1) is 28.6. The number of hydrogen-bond donors (Lipinski definition) is 1. The summed E-state index contributed by atoms with van der Waals surface area (Å²) in [5.41, 5.74) is -2.78. The van der Waals surface area contributed by atoms with Crippen molar-refractivity contribution < 1.29 is 46.4 Å². The fraction of sp³-hybridized carbons (Fsp3) is 0.857. The van der Waals surface area contributed by atoms with Crippen molar-refractivity contribution in [3.05, 3.63) is 0 Å². The van der Waals surface area contributed by atoms with Gasteiger partial charge in [0.25, 0.3) is 6.29 Å². The molecule has 0 atom stereocenters. The van der Waals surface area contributed by atoms with Crippen molar-refractivity contribution in [3.63, 3.8) is 0 Å². The smallest absolute Gasteiger partial charge is 0.453 e. The Labute approximate surface area is 190 Å². The van der Waals surface area contributed by atoms with E-state index in [0.717, 1.165) is 51.4 Å². The van der Waals surface area contributed by atoms with Crippen molar-refractivity contribution in [2.75, 3.05) is 0 Å². The van der Waals surface area contributed by atoms with Gasteiger partial charge in [-0.1, -0.05) is 86.7 Å². The molecule has 0 bridgehead atoms. The third kappa shape index (κ3) is 8.51. The lowest BCUT2D eigenvalue weighted by molar-refractivity contribution is -0.452. The molecule has 1 N–H and O–H groups in total. The number of carboxylic acids is 1. The first-order valence-corrected chi connectivity index (χ1v) is 12.8. The van der Waals surface area contributed by atoms with Gasteiger partial charge in [-0.25, -0.2) is 0 Å². The normalized spacial score (nSPS) is 16.7. The minimum atomic E-state index is -4.67. The fourth-order valence-corrected chi connectivity index (χ4v) is 3.98. The van der Waals surface area contributed by atoms with E-state index >= 15 is 0 Å². The molecule has 0 saturated carbocycles. The van der Waals surface area contributed by atoms with Crippen LogP contribution in [-0.2, 0) is 43.2 Å². The van der Waals surface area contributed by atoms with Gasteiger partial charge in [0.2, 0.25) is 5.41 Å². The van der Waals surface area contributed by atoms with Crippen LogP contribution in [-0.4, -0.2) is 37.4 Å². The number of rotatable bonds is 18. The van der Waals surface area contributed by atoms with Crippen molar-refractivity contribution in [3.8, 4) is 0 Å². The summed E-state index contributed by atoms with van der Waals surface area (Å²) in [4.78, 5) is 47.4. The van der Waals surface area contributed by atoms with Crippen LogP contribution in [0.1, 0.15) is 104 Å². The molecule has 1 aliphatic rings. The summed E-state index contributed by atoms with van der Waals surface area (Å²) in [6, 6.07) is 0. The number of hydrogen-bond acceptors (Lipinski definition) is 9. The SMILES string of the molecule is CCCCCCCCC(=O)C(C(=O)O)(C(=O)CCCCCCCC)C1OOS(=O)(=O)OO1. The molecule has 10 nitrogen and oxygen atoms in total. The minimum absolute atomic E-state index is 0.198. The Balaban J connectivity index is 2.91. The lowest BCUT2D eigenvalue weighted by atomic mass is 9.74. The lowest BCUT2D eigenvalue weighted by Gasteiger charge is -2.33. The third-order valence-corrected chi connectivity index (χ3v) is 6.00. The van der Waals surface area contributed by atoms with Crippen molar-refractivity contribution in [2.24, 2.45) is 5.41 Å². The van der Waals surface area contributed by atoms with Gasteiger partial charge < -0.3 is 5.11 Å². The second kappa shape index (κ2) is 14.7. The summed E-state index contributed by atoms with van der Waals surface area (Å²) in [7, 11) is -4.67. The van der Waals surface area contributed by atoms with Crippen LogP contribution in [0.3, 0.4) is 0 Å². The van der Waals surface area contributed by atoms with E-state index in [1.807, 2.05) is 0 Å². The van der Waals surface area contributed by atoms with E-state index in [-0.39, 0.29) is 12.8 Å². The lowest BCUT2D eigenvalue weighted by Crippen LogP contribution is -2.58. The van der Waals surface area contributed by atoms with Crippen LogP contribution < -0.4 is 0 Å². The van der Waals surface area contributed by atoms with Crippen LogP contribution in [0.4, 0.5) is 0 Å². The van der Waals surface area contributed by atoms with Crippen molar-refractivity contribution in [1.82, 2.24) is 0 Å². The maximum Gasteiger partial charge on any atom is 0.453 e. The summed E-state index contributed by atoms with van der Waals surface area (Å²) in [6.07, 6.45) is 7.61. The number of unbranched alkanes of at least 4 members (excludes halogenated alkanes) is 10. The number of carboxylic acid groups (broad SMARTS) is 1. The van der Waals surface area contributed by atoms with Crippen LogP contribution in [0.15, 0.2) is 0 Å². The highest BCUT2D eigenvalue weighted by atomic mass is 32.3. The predicted octanol–water partition coefficient (Wildman–Crippen LogP) is 4.18. The van der Waals surface area contributed by atoms with Gasteiger partial charge in [0.15, 0.2) is 11.6 Å². The maximum absolute atomic E-state index is 13.0. The second-order valence-electron chi connectivity index (χ2n) is 8.06. The van der Waals surface area contributed by atoms with Crippen LogP contribution in [0.2, 0.25) is 0 Å². The molecule has 1 aliphatic heterocycles. The zero-order valence-corrected chi connectivity index (χ0v) is 19.8. The molecule has 1 rings (SSSR count).